The van der Waals surface area contributed by atoms with Crippen LogP contribution in [0.5, 0.6) is 0 Å². The largest absolute Gasteiger partial charge is 0.314 e. The van der Waals surface area contributed by atoms with Gasteiger partial charge in [-0.05, 0) is 18.6 Å². The standard InChI is InChI=1S/C7H18ClNSi/c1-5-9(6-2)10(8)7(3)4/h7,10H,5-6H2,1-4H3. The van der Waals surface area contributed by atoms with E-state index in [4.69, 9.17) is 11.1 Å². The molecule has 0 aliphatic carbocycles. The van der Waals surface area contributed by atoms with E-state index in [0.717, 1.165) is 13.1 Å². The van der Waals surface area contributed by atoms with Crippen LogP contribution in [-0.2, 0) is 0 Å². The summed E-state index contributed by atoms with van der Waals surface area (Å²) in [5, 5.41) is 0. The van der Waals surface area contributed by atoms with Gasteiger partial charge in [0.2, 0.25) is 8.27 Å². The third-order valence-electron chi connectivity index (χ3n) is 1.71. The Morgan fingerprint density at radius 2 is 1.70 bits per heavy atom. The molecule has 1 atom stereocenters. The molecule has 3 heteroatoms. The number of nitrogens with zero attached hydrogens (tertiary/aromatic N) is 1. The van der Waals surface area contributed by atoms with Crippen molar-refractivity contribution in [3.63, 3.8) is 0 Å². The summed E-state index contributed by atoms with van der Waals surface area (Å²) in [5.74, 6) is 0. The van der Waals surface area contributed by atoms with Crippen LogP contribution in [0, 0.1) is 0 Å². The van der Waals surface area contributed by atoms with Crippen LogP contribution in [0.1, 0.15) is 27.7 Å². The highest BCUT2D eigenvalue weighted by molar-refractivity contribution is 7.05. The van der Waals surface area contributed by atoms with Crippen molar-refractivity contribution in [3.05, 3.63) is 0 Å². The zero-order chi connectivity index (χ0) is 8.15. The van der Waals surface area contributed by atoms with E-state index in [0.29, 0.717) is 5.54 Å². The molecule has 10 heavy (non-hydrogen) atoms. The molecule has 0 aromatic rings. The average molecular weight is 180 g/mol. The molecule has 0 bridgehead atoms. The Kier molecular flexibility index (Phi) is 5.40. The molecule has 0 radical (unpaired) electrons. The molecule has 0 heterocycles. The van der Waals surface area contributed by atoms with E-state index in [1.165, 1.54) is 0 Å². The summed E-state index contributed by atoms with van der Waals surface area (Å²) in [6.45, 7) is 11.0. The number of hydrogen-bond acceptors (Lipinski definition) is 1. The Balaban J connectivity index is 3.76. The molecular weight excluding hydrogens is 162 g/mol. The van der Waals surface area contributed by atoms with Gasteiger partial charge in [0.25, 0.3) is 0 Å². The van der Waals surface area contributed by atoms with Gasteiger partial charge < -0.3 is 4.57 Å². The first-order valence-corrected chi connectivity index (χ1v) is 6.94. The molecule has 0 aromatic carbocycles. The SMILES string of the molecule is CCN(CC)[SiH](Cl)C(C)C. The number of hydrogen-bond donors (Lipinski definition) is 0. The van der Waals surface area contributed by atoms with Crippen LogP contribution in [0.15, 0.2) is 0 Å². The van der Waals surface area contributed by atoms with Gasteiger partial charge in [-0.3, -0.25) is 0 Å². The van der Waals surface area contributed by atoms with Crippen LogP contribution in [0.3, 0.4) is 0 Å². The maximum atomic E-state index is 6.25. The molecule has 0 spiro atoms. The Morgan fingerprint density at radius 1 is 1.30 bits per heavy atom. The predicted octanol–water partition coefficient (Wildman–Crippen LogP) is 2.20. The van der Waals surface area contributed by atoms with Crippen LogP contribution >= 0.6 is 11.1 Å². The van der Waals surface area contributed by atoms with Gasteiger partial charge in [-0.15, -0.1) is 11.1 Å². The van der Waals surface area contributed by atoms with Crippen molar-refractivity contribution in [2.45, 2.75) is 33.2 Å². The average Bonchev–Trinajstić information content (AvgIpc) is 1.90. The molecule has 1 unspecified atom stereocenters. The van der Waals surface area contributed by atoms with E-state index < -0.39 is 8.27 Å². The first-order valence-electron chi connectivity index (χ1n) is 4.01. The first-order chi connectivity index (χ1) is 4.63. The lowest BCUT2D eigenvalue weighted by Crippen LogP contribution is -2.36. The van der Waals surface area contributed by atoms with Crippen molar-refractivity contribution >= 4 is 19.3 Å². The zero-order valence-corrected chi connectivity index (χ0v) is 9.30. The second kappa shape index (κ2) is 5.16. The molecule has 62 valence electrons. The smallest absolute Gasteiger partial charge is 0.216 e. The summed E-state index contributed by atoms with van der Waals surface area (Å²) in [7, 11) is -1.08. The number of halogens is 1. The topological polar surface area (TPSA) is 3.24 Å². The molecule has 0 saturated heterocycles. The predicted molar refractivity (Wildman–Crippen MR) is 51.0 cm³/mol. The second-order valence-corrected chi connectivity index (χ2v) is 6.99. The van der Waals surface area contributed by atoms with Crippen LogP contribution in [0.25, 0.3) is 0 Å². The Hall–Kier alpha value is 0.467. The molecule has 0 rings (SSSR count). The molecule has 0 saturated carbocycles. The summed E-state index contributed by atoms with van der Waals surface area (Å²) < 4.78 is 2.40. The molecule has 0 N–H and O–H groups in total. The Bertz CT molecular complexity index is 83.7. The van der Waals surface area contributed by atoms with Crippen molar-refractivity contribution in [3.8, 4) is 0 Å². The fourth-order valence-corrected chi connectivity index (χ4v) is 3.36. The lowest BCUT2D eigenvalue weighted by atomic mass is 10.6. The van der Waals surface area contributed by atoms with Crippen molar-refractivity contribution in [2.24, 2.45) is 0 Å². The minimum atomic E-state index is -1.08. The molecule has 0 fully saturated rings. The van der Waals surface area contributed by atoms with Gasteiger partial charge in [0.05, 0.1) is 0 Å². The molecular formula is C7H18ClNSi. The van der Waals surface area contributed by atoms with E-state index in [1.54, 1.807) is 0 Å². The minimum Gasteiger partial charge on any atom is -0.314 e. The van der Waals surface area contributed by atoms with Gasteiger partial charge in [-0.25, -0.2) is 0 Å². The molecule has 0 amide bonds. The first kappa shape index (κ1) is 10.5. The van der Waals surface area contributed by atoms with Gasteiger partial charge in [0.1, 0.15) is 0 Å². The lowest BCUT2D eigenvalue weighted by molar-refractivity contribution is 0.481. The molecule has 0 aromatic heterocycles. The van der Waals surface area contributed by atoms with E-state index >= 15 is 0 Å². The fourth-order valence-electron chi connectivity index (χ4n) is 0.994. The Labute approximate surface area is 70.8 Å². The van der Waals surface area contributed by atoms with Gasteiger partial charge in [-0.2, -0.15) is 0 Å². The summed E-state index contributed by atoms with van der Waals surface area (Å²) in [6.07, 6.45) is 0. The maximum absolute atomic E-state index is 6.25. The van der Waals surface area contributed by atoms with Gasteiger partial charge >= 0.3 is 0 Å². The maximum Gasteiger partial charge on any atom is 0.216 e. The van der Waals surface area contributed by atoms with Crippen molar-refractivity contribution in [1.82, 2.24) is 4.57 Å². The zero-order valence-electron chi connectivity index (χ0n) is 7.39. The summed E-state index contributed by atoms with van der Waals surface area (Å²) in [6, 6.07) is 0. The van der Waals surface area contributed by atoms with E-state index in [-0.39, 0.29) is 0 Å². The highest BCUT2D eigenvalue weighted by Gasteiger charge is 2.17. The fraction of sp³-hybridized carbons (Fsp3) is 1.00. The molecule has 0 aliphatic rings. The molecule has 0 aliphatic heterocycles. The minimum absolute atomic E-state index is 0.682. The molecule has 1 nitrogen and oxygen atoms in total. The van der Waals surface area contributed by atoms with Crippen LogP contribution in [0.2, 0.25) is 5.54 Å². The third-order valence-corrected chi connectivity index (χ3v) is 6.58. The summed E-state index contributed by atoms with van der Waals surface area (Å²) in [5.41, 5.74) is 0.682. The van der Waals surface area contributed by atoms with E-state index in [1.807, 2.05) is 0 Å². The monoisotopic (exact) mass is 179 g/mol. The quantitative estimate of drug-likeness (QED) is 0.473. The van der Waals surface area contributed by atoms with E-state index in [2.05, 4.69) is 32.3 Å². The highest BCUT2D eigenvalue weighted by Crippen LogP contribution is 2.14. The summed E-state index contributed by atoms with van der Waals surface area (Å²) >= 11 is 6.25. The van der Waals surface area contributed by atoms with Gasteiger partial charge in [0, 0.05) is 0 Å². The van der Waals surface area contributed by atoms with E-state index in [9.17, 15) is 0 Å². The van der Waals surface area contributed by atoms with Crippen LogP contribution < -0.4 is 0 Å². The third kappa shape index (κ3) is 3.04. The second-order valence-electron chi connectivity index (χ2n) is 2.84. The van der Waals surface area contributed by atoms with Crippen LogP contribution in [0.4, 0.5) is 0 Å². The lowest BCUT2D eigenvalue weighted by Gasteiger charge is -2.25. The van der Waals surface area contributed by atoms with Crippen LogP contribution in [-0.4, -0.2) is 25.9 Å². The van der Waals surface area contributed by atoms with Crippen molar-refractivity contribution < 1.29 is 0 Å². The normalized spacial score (nSPS) is 14.7. The van der Waals surface area contributed by atoms with Gasteiger partial charge in [-0.1, -0.05) is 27.7 Å². The summed E-state index contributed by atoms with van der Waals surface area (Å²) in [4.78, 5) is 0. The van der Waals surface area contributed by atoms with Crippen molar-refractivity contribution in [1.29, 1.82) is 0 Å². The van der Waals surface area contributed by atoms with Crippen molar-refractivity contribution in [2.75, 3.05) is 13.1 Å². The Morgan fingerprint density at radius 3 is 1.80 bits per heavy atom. The number of rotatable bonds is 4. The van der Waals surface area contributed by atoms with Gasteiger partial charge in [0.15, 0.2) is 0 Å². The highest BCUT2D eigenvalue weighted by atomic mass is 35.6.